The molecule has 1 heterocycles. The zero-order valence-corrected chi connectivity index (χ0v) is 6.49. The monoisotopic (exact) mass is 163 g/mol. The first-order valence-electron chi connectivity index (χ1n) is 3.68. The first-order chi connectivity index (χ1) is 5.90. The van der Waals surface area contributed by atoms with E-state index in [4.69, 9.17) is 15.2 Å². The third-order valence-corrected chi connectivity index (χ3v) is 1.69. The molecule has 0 radical (unpaired) electrons. The van der Waals surface area contributed by atoms with Gasteiger partial charge in [-0.05, 0) is 30.0 Å². The highest BCUT2D eigenvalue weighted by molar-refractivity contribution is 5.56. The van der Waals surface area contributed by atoms with Crippen LogP contribution in [0.5, 0.6) is 11.5 Å². The summed E-state index contributed by atoms with van der Waals surface area (Å²) in [5, 5.41) is 0. The predicted molar refractivity (Wildman–Crippen MR) is 45.8 cm³/mol. The summed E-state index contributed by atoms with van der Waals surface area (Å²) >= 11 is 0. The molecular weight excluding hydrogens is 154 g/mol. The Hall–Kier alpha value is -1.64. The van der Waals surface area contributed by atoms with Gasteiger partial charge in [-0.15, -0.1) is 0 Å². The summed E-state index contributed by atoms with van der Waals surface area (Å²) in [5.41, 5.74) is 6.27. The van der Waals surface area contributed by atoms with Gasteiger partial charge >= 0.3 is 0 Å². The quantitative estimate of drug-likeness (QED) is 0.679. The summed E-state index contributed by atoms with van der Waals surface area (Å²) in [6.45, 7) is 0.311. The Morgan fingerprint density at radius 2 is 2.08 bits per heavy atom. The molecule has 1 aliphatic rings. The zero-order valence-electron chi connectivity index (χ0n) is 6.49. The molecule has 0 unspecified atom stereocenters. The van der Waals surface area contributed by atoms with Gasteiger partial charge in [0, 0.05) is 0 Å². The van der Waals surface area contributed by atoms with Gasteiger partial charge in [-0.2, -0.15) is 0 Å². The van der Waals surface area contributed by atoms with Gasteiger partial charge in [-0.3, -0.25) is 0 Å². The van der Waals surface area contributed by atoms with Crippen molar-refractivity contribution in [3.05, 3.63) is 30.0 Å². The van der Waals surface area contributed by atoms with E-state index in [0.717, 1.165) is 17.1 Å². The lowest BCUT2D eigenvalue weighted by Crippen LogP contribution is -1.92. The molecule has 0 saturated heterocycles. The highest BCUT2D eigenvalue weighted by atomic mass is 16.7. The largest absolute Gasteiger partial charge is 0.454 e. The molecule has 0 amide bonds. The fourth-order valence-corrected chi connectivity index (χ4v) is 1.13. The first kappa shape index (κ1) is 7.03. The number of hydrogen-bond acceptors (Lipinski definition) is 3. The lowest BCUT2D eigenvalue weighted by molar-refractivity contribution is 0.174. The van der Waals surface area contributed by atoms with Crippen LogP contribution in [0.4, 0.5) is 0 Å². The van der Waals surface area contributed by atoms with Crippen molar-refractivity contribution >= 4 is 6.08 Å². The van der Waals surface area contributed by atoms with E-state index >= 15 is 0 Å². The van der Waals surface area contributed by atoms with Crippen LogP contribution in [0, 0.1) is 0 Å². The molecule has 1 aromatic rings. The van der Waals surface area contributed by atoms with Crippen molar-refractivity contribution in [2.45, 2.75) is 0 Å². The summed E-state index contributed by atoms with van der Waals surface area (Å²) < 4.78 is 10.3. The second-order valence-electron chi connectivity index (χ2n) is 2.47. The first-order valence-corrected chi connectivity index (χ1v) is 3.68. The molecule has 1 aliphatic heterocycles. The molecule has 0 aromatic heterocycles. The van der Waals surface area contributed by atoms with E-state index < -0.39 is 0 Å². The lowest BCUT2D eigenvalue weighted by Gasteiger charge is -1.96. The number of fused-ring (bicyclic) bond motifs is 1. The van der Waals surface area contributed by atoms with E-state index in [-0.39, 0.29) is 0 Å². The van der Waals surface area contributed by atoms with Gasteiger partial charge in [0.05, 0.1) is 0 Å². The molecule has 62 valence electrons. The van der Waals surface area contributed by atoms with Gasteiger partial charge in [0.25, 0.3) is 0 Å². The summed E-state index contributed by atoms with van der Waals surface area (Å²) in [6, 6.07) is 5.69. The van der Waals surface area contributed by atoms with Crippen molar-refractivity contribution in [2.24, 2.45) is 5.73 Å². The Balaban J connectivity index is 2.38. The summed E-state index contributed by atoms with van der Waals surface area (Å²) in [6.07, 6.45) is 3.31. The van der Waals surface area contributed by atoms with Gasteiger partial charge < -0.3 is 15.2 Å². The average Bonchev–Trinajstić information content (AvgIpc) is 2.51. The normalized spacial score (nSPS) is 14.0. The highest BCUT2D eigenvalue weighted by Gasteiger charge is 2.11. The molecule has 0 atom stereocenters. The van der Waals surface area contributed by atoms with E-state index in [1.54, 1.807) is 0 Å². The number of hydrogen-bond donors (Lipinski definition) is 1. The van der Waals surface area contributed by atoms with Crippen molar-refractivity contribution in [2.75, 3.05) is 6.79 Å². The maximum Gasteiger partial charge on any atom is 0.231 e. The van der Waals surface area contributed by atoms with Crippen LogP contribution in [0.2, 0.25) is 0 Å². The van der Waals surface area contributed by atoms with Gasteiger partial charge in [0.15, 0.2) is 11.5 Å². The average molecular weight is 163 g/mol. The molecule has 3 nitrogen and oxygen atoms in total. The standard InChI is InChI=1S/C9H9NO2/c10-4-3-7-1-2-8-9(5-7)12-6-11-8/h1-5H,6,10H2/b4-3+. The van der Waals surface area contributed by atoms with Crippen LogP contribution < -0.4 is 15.2 Å². The molecule has 2 rings (SSSR count). The number of rotatable bonds is 1. The van der Waals surface area contributed by atoms with E-state index in [1.807, 2.05) is 24.3 Å². The zero-order chi connectivity index (χ0) is 8.39. The van der Waals surface area contributed by atoms with Crippen LogP contribution in [-0.2, 0) is 0 Å². The minimum atomic E-state index is 0.311. The maximum atomic E-state index is 5.25. The van der Waals surface area contributed by atoms with Gasteiger partial charge in [-0.1, -0.05) is 6.07 Å². The fraction of sp³-hybridized carbons (Fsp3) is 0.111. The third kappa shape index (κ3) is 1.09. The van der Waals surface area contributed by atoms with Crippen LogP contribution in [0.15, 0.2) is 24.4 Å². The molecule has 0 spiro atoms. The Bertz CT molecular complexity index is 320. The smallest absolute Gasteiger partial charge is 0.231 e. The Morgan fingerprint density at radius 1 is 1.25 bits per heavy atom. The van der Waals surface area contributed by atoms with Crippen LogP contribution in [-0.4, -0.2) is 6.79 Å². The second kappa shape index (κ2) is 2.77. The summed E-state index contributed by atoms with van der Waals surface area (Å²) in [5.74, 6) is 1.58. The fourth-order valence-electron chi connectivity index (χ4n) is 1.13. The summed E-state index contributed by atoms with van der Waals surface area (Å²) in [7, 11) is 0. The van der Waals surface area contributed by atoms with Gasteiger partial charge in [0.1, 0.15) is 0 Å². The van der Waals surface area contributed by atoms with E-state index in [9.17, 15) is 0 Å². The van der Waals surface area contributed by atoms with Crippen molar-refractivity contribution in [3.63, 3.8) is 0 Å². The van der Waals surface area contributed by atoms with Gasteiger partial charge in [-0.25, -0.2) is 0 Å². The Morgan fingerprint density at radius 3 is 2.92 bits per heavy atom. The number of ether oxygens (including phenoxy) is 2. The van der Waals surface area contributed by atoms with Crippen molar-refractivity contribution in [1.29, 1.82) is 0 Å². The van der Waals surface area contributed by atoms with Crippen LogP contribution in [0.1, 0.15) is 5.56 Å². The van der Waals surface area contributed by atoms with Crippen LogP contribution >= 0.6 is 0 Å². The lowest BCUT2D eigenvalue weighted by atomic mass is 10.2. The van der Waals surface area contributed by atoms with Crippen molar-refractivity contribution in [3.8, 4) is 11.5 Å². The molecule has 0 fully saturated rings. The van der Waals surface area contributed by atoms with Crippen molar-refractivity contribution in [1.82, 2.24) is 0 Å². The molecule has 0 saturated carbocycles. The third-order valence-electron chi connectivity index (χ3n) is 1.69. The molecular formula is C9H9NO2. The van der Waals surface area contributed by atoms with Crippen LogP contribution in [0.25, 0.3) is 6.08 Å². The molecule has 0 aliphatic carbocycles. The van der Waals surface area contributed by atoms with Crippen LogP contribution in [0.3, 0.4) is 0 Å². The van der Waals surface area contributed by atoms with E-state index in [0.29, 0.717) is 6.79 Å². The minimum absolute atomic E-state index is 0.311. The van der Waals surface area contributed by atoms with Gasteiger partial charge in [0.2, 0.25) is 6.79 Å². The predicted octanol–water partition coefficient (Wildman–Crippen LogP) is 1.34. The molecule has 3 heteroatoms. The molecule has 0 bridgehead atoms. The topological polar surface area (TPSA) is 44.5 Å². The molecule has 1 aromatic carbocycles. The van der Waals surface area contributed by atoms with E-state index in [1.165, 1.54) is 6.20 Å². The second-order valence-corrected chi connectivity index (χ2v) is 2.47. The minimum Gasteiger partial charge on any atom is -0.454 e. The number of nitrogens with two attached hydrogens (primary N) is 1. The maximum absolute atomic E-state index is 5.25. The Labute approximate surface area is 70.4 Å². The summed E-state index contributed by atoms with van der Waals surface area (Å²) in [4.78, 5) is 0. The molecule has 12 heavy (non-hydrogen) atoms. The number of benzene rings is 1. The van der Waals surface area contributed by atoms with Crippen molar-refractivity contribution < 1.29 is 9.47 Å². The molecule has 2 N–H and O–H groups in total. The highest BCUT2D eigenvalue weighted by Crippen LogP contribution is 2.32. The SMILES string of the molecule is N/C=C/c1ccc2c(c1)OCO2. The Kier molecular flexibility index (Phi) is 1.63. The van der Waals surface area contributed by atoms with E-state index in [2.05, 4.69) is 0 Å².